The maximum Gasteiger partial charge on any atom is 0.301 e. The van der Waals surface area contributed by atoms with Gasteiger partial charge in [0.05, 0.1) is 21.8 Å². The molecule has 0 aliphatic heterocycles. The number of benzene rings is 2. The van der Waals surface area contributed by atoms with Crippen LogP contribution < -0.4 is 10.1 Å². The monoisotopic (exact) mass is 454 g/mol. The minimum Gasteiger partial charge on any atom is -0.426 e. The van der Waals surface area contributed by atoms with Crippen LogP contribution in [-0.4, -0.2) is 20.9 Å². The smallest absolute Gasteiger partial charge is 0.301 e. The first-order valence-corrected chi connectivity index (χ1v) is 10.4. The van der Waals surface area contributed by atoms with Crippen LogP contribution in [0.1, 0.15) is 26.3 Å². The summed E-state index contributed by atoms with van der Waals surface area (Å²) >= 11 is 12.5. The van der Waals surface area contributed by atoms with Gasteiger partial charge in [-0.2, -0.15) is 4.98 Å². The maximum absolute atomic E-state index is 11.4. The molecule has 2 heterocycles. The zero-order valence-corrected chi connectivity index (χ0v) is 18.7. The number of halogens is 2. The van der Waals surface area contributed by atoms with Gasteiger partial charge in [0.15, 0.2) is 5.65 Å². The summed E-state index contributed by atoms with van der Waals surface area (Å²) in [5.74, 6) is 0.512. The Morgan fingerprint density at radius 2 is 1.81 bits per heavy atom. The molecule has 0 atom stereocenters. The first-order valence-electron chi connectivity index (χ1n) is 9.60. The number of nitrogens with zero attached hydrogens (tertiary/aromatic N) is 2. The fourth-order valence-corrected chi connectivity index (χ4v) is 3.80. The van der Waals surface area contributed by atoms with Gasteiger partial charge in [0.2, 0.25) is 5.91 Å². The highest BCUT2D eigenvalue weighted by Crippen LogP contribution is 2.31. The van der Waals surface area contributed by atoms with E-state index in [2.05, 4.69) is 20.3 Å². The van der Waals surface area contributed by atoms with Crippen LogP contribution in [0.3, 0.4) is 0 Å². The third-order valence-electron chi connectivity index (χ3n) is 4.78. The van der Waals surface area contributed by atoms with Crippen molar-refractivity contribution in [1.82, 2.24) is 20.3 Å². The van der Waals surface area contributed by atoms with Crippen LogP contribution in [0.2, 0.25) is 10.0 Å². The highest BCUT2D eigenvalue weighted by molar-refractivity contribution is 6.34. The largest absolute Gasteiger partial charge is 0.426 e. The molecule has 2 aromatic carbocycles. The van der Waals surface area contributed by atoms with Gasteiger partial charge in [-0.1, -0.05) is 47.5 Å². The first-order chi connectivity index (χ1) is 14.7. The number of carbonyl (C=O) groups is 1. The lowest BCUT2D eigenvalue weighted by molar-refractivity contribution is -0.120. The number of ether oxygens (including phenoxy) is 1. The summed E-state index contributed by atoms with van der Waals surface area (Å²) in [4.78, 5) is 23.5. The summed E-state index contributed by atoms with van der Waals surface area (Å²) in [5.41, 5.74) is 3.02. The van der Waals surface area contributed by atoms with E-state index in [1.54, 1.807) is 18.2 Å². The second-order valence-corrected chi connectivity index (χ2v) is 8.52. The van der Waals surface area contributed by atoms with Crippen molar-refractivity contribution in [3.8, 4) is 23.0 Å². The molecule has 0 bridgehead atoms. The Hall–Kier alpha value is -3.09. The average Bonchev–Trinajstić information content (AvgIpc) is 3.07. The Bertz CT molecular complexity index is 1270. The van der Waals surface area contributed by atoms with Crippen molar-refractivity contribution < 1.29 is 9.53 Å². The molecule has 0 unspecified atom stereocenters. The molecule has 2 N–H and O–H groups in total. The summed E-state index contributed by atoms with van der Waals surface area (Å²) in [6.45, 7) is 5.38. The third kappa shape index (κ3) is 4.65. The number of fused-ring (bicyclic) bond motifs is 1. The summed E-state index contributed by atoms with van der Waals surface area (Å²) in [6, 6.07) is 16.8. The molecule has 0 fully saturated rings. The molecule has 8 heteroatoms. The average molecular weight is 455 g/mol. The lowest BCUT2D eigenvalue weighted by atomic mass is 9.94. The number of amides is 1. The molecule has 158 valence electrons. The summed E-state index contributed by atoms with van der Waals surface area (Å²) in [5, 5.41) is 4.01. The molecule has 0 saturated heterocycles. The number of aromatic amines is 1. The van der Waals surface area contributed by atoms with Crippen LogP contribution in [0.25, 0.3) is 22.4 Å². The number of aromatic nitrogens is 3. The van der Waals surface area contributed by atoms with E-state index < -0.39 is 5.54 Å². The topological polar surface area (TPSA) is 79.9 Å². The fourth-order valence-electron chi connectivity index (χ4n) is 3.35. The molecular weight excluding hydrogens is 435 g/mol. The minimum absolute atomic E-state index is 0.0871. The standard InChI is InChI=1S/C23H20Cl2N4O2/c1-13(30)29-23(2,3)15-7-9-17(10-8-15)31-22-26-19-12-18(25)20(27-21(19)28-22)14-5-4-6-16(24)11-14/h4-12H,1-3H3,(H,29,30)(H,26,27,28). The number of hydrogen-bond donors (Lipinski definition) is 2. The number of H-pyrrole nitrogens is 1. The molecule has 0 saturated carbocycles. The number of carbonyl (C=O) groups excluding carboxylic acids is 1. The van der Waals surface area contributed by atoms with Crippen molar-refractivity contribution in [1.29, 1.82) is 0 Å². The number of pyridine rings is 1. The van der Waals surface area contributed by atoms with Crippen LogP contribution in [0.5, 0.6) is 11.8 Å². The summed E-state index contributed by atoms with van der Waals surface area (Å²) in [7, 11) is 0. The van der Waals surface area contributed by atoms with Crippen molar-refractivity contribution in [2.24, 2.45) is 0 Å². The zero-order chi connectivity index (χ0) is 22.2. The van der Waals surface area contributed by atoms with E-state index in [0.29, 0.717) is 38.7 Å². The Balaban J connectivity index is 1.59. The Morgan fingerprint density at radius 3 is 2.48 bits per heavy atom. The SMILES string of the molecule is CC(=O)NC(C)(C)c1ccc(Oc2nc3nc(-c4cccc(Cl)c4)c(Cl)cc3[nH]2)cc1. The molecule has 31 heavy (non-hydrogen) atoms. The van der Waals surface area contributed by atoms with Gasteiger partial charge in [0.25, 0.3) is 0 Å². The molecule has 0 radical (unpaired) electrons. The van der Waals surface area contributed by atoms with Gasteiger partial charge < -0.3 is 15.0 Å². The van der Waals surface area contributed by atoms with Crippen molar-refractivity contribution in [2.45, 2.75) is 26.3 Å². The third-order valence-corrected chi connectivity index (χ3v) is 5.31. The minimum atomic E-state index is -0.485. The molecule has 1 amide bonds. The Kier molecular flexibility index (Phi) is 5.60. The van der Waals surface area contributed by atoms with Gasteiger partial charge in [-0.15, -0.1) is 0 Å². The predicted molar refractivity (Wildman–Crippen MR) is 123 cm³/mol. The predicted octanol–water partition coefficient (Wildman–Crippen LogP) is 6.10. The van der Waals surface area contributed by atoms with E-state index in [-0.39, 0.29) is 5.91 Å². The van der Waals surface area contributed by atoms with Gasteiger partial charge >= 0.3 is 6.01 Å². The Labute approximate surface area is 189 Å². The molecule has 4 rings (SSSR count). The summed E-state index contributed by atoms with van der Waals surface area (Å²) in [6.07, 6.45) is 0. The second kappa shape index (κ2) is 8.21. The molecule has 0 aliphatic rings. The van der Waals surface area contributed by atoms with Crippen LogP contribution >= 0.6 is 23.2 Å². The Morgan fingerprint density at radius 1 is 1.06 bits per heavy atom. The fraction of sp³-hybridized carbons (Fsp3) is 0.174. The van der Waals surface area contributed by atoms with Crippen molar-refractivity contribution in [3.63, 3.8) is 0 Å². The van der Waals surface area contributed by atoms with Crippen molar-refractivity contribution >= 4 is 40.3 Å². The van der Waals surface area contributed by atoms with Gasteiger partial charge in [-0.3, -0.25) is 4.79 Å². The highest BCUT2D eigenvalue weighted by atomic mass is 35.5. The van der Waals surface area contributed by atoms with Gasteiger partial charge in [-0.05, 0) is 49.7 Å². The number of nitrogens with one attached hydrogen (secondary N) is 2. The van der Waals surface area contributed by atoms with Crippen molar-refractivity contribution in [3.05, 3.63) is 70.2 Å². The molecule has 4 aromatic rings. The molecule has 6 nitrogen and oxygen atoms in total. The van der Waals surface area contributed by atoms with E-state index in [9.17, 15) is 4.79 Å². The second-order valence-electron chi connectivity index (χ2n) is 7.67. The van der Waals surface area contributed by atoms with E-state index in [1.165, 1.54) is 6.92 Å². The summed E-state index contributed by atoms with van der Waals surface area (Å²) < 4.78 is 5.86. The van der Waals surface area contributed by atoms with Gasteiger partial charge in [0, 0.05) is 17.5 Å². The normalized spacial score (nSPS) is 11.5. The lowest BCUT2D eigenvalue weighted by Crippen LogP contribution is -2.39. The molecule has 2 aromatic heterocycles. The zero-order valence-electron chi connectivity index (χ0n) is 17.2. The van der Waals surface area contributed by atoms with E-state index >= 15 is 0 Å². The molecule has 0 spiro atoms. The van der Waals surface area contributed by atoms with Gasteiger partial charge in [0.1, 0.15) is 5.75 Å². The van der Waals surface area contributed by atoms with Gasteiger partial charge in [-0.25, -0.2) is 4.98 Å². The molecule has 0 aliphatic carbocycles. The number of rotatable bonds is 5. The lowest BCUT2D eigenvalue weighted by Gasteiger charge is -2.26. The first kappa shape index (κ1) is 21.2. The van der Waals surface area contributed by atoms with Crippen LogP contribution in [0.4, 0.5) is 0 Å². The van der Waals surface area contributed by atoms with Crippen LogP contribution in [-0.2, 0) is 10.3 Å². The number of imidazole rings is 1. The maximum atomic E-state index is 11.4. The highest BCUT2D eigenvalue weighted by Gasteiger charge is 2.21. The van der Waals surface area contributed by atoms with E-state index in [0.717, 1.165) is 11.1 Å². The van der Waals surface area contributed by atoms with Crippen molar-refractivity contribution in [2.75, 3.05) is 0 Å². The quantitative estimate of drug-likeness (QED) is 0.381. The van der Waals surface area contributed by atoms with E-state index in [4.69, 9.17) is 27.9 Å². The number of hydrogen-bond acceptors (Lipinski definition) is 4. The molecular formula is C23H20Cl2N4O2. The van der Waals surface area contributed by atoms with Crippen LogP contribution in [0.15, 0.2) is 54.6 Å². The van der Waals surface area contributed by atoms with Crippen LogP contribution in [0, 0.1) is 0 Å². The van der Waals surface area contributed by atoms with E-state index in [1.807, 2.05) is 50.2 Å².